The van der Waals surface area contributed by atoms with Crippen LogP contribution < -0.4 is 4.74 Å². The SMILES string of the molecule is COC(=O)c1ncc2cc(Cc3ccccc3)ccc2c1OCc1ccccc1. The van der Waals surface area contributed by atoms with Crippen LogP contribution in [-0.2, 0) is 17.8 Å². The fourth-order valence-corrected chi connectivity index (χ4v) is 3.31. The highest BCUT2D eigenvalue weighted by atomic mass is 16.5. The summed E-state index contributed by atoms with van der Waals surface area (Å²) in [6.07, 6.45) is 2.53. The van der Waals surface area contributed by atoms with Crippen molar-refractivity contribution in [2.75, 3.05) is 7.11 Å². The van der Waals surface area contributed by atoms with Gasteiger partial charge in [0.25, 0.3) is 0 Å². The predicted molar refractivity (Wildman–Crippen MR) is 113 cm³/mol. The van der Waals surface area contributed by atoms with E-state index in [2.05, 4.69) is 29.2 Å². The van der Waals surface area contributed by atoms with E-state index in [1.54, 1.807) is 6.20 Å². The highest BCUT2D eigenvalue weighted by Gasteiger charge is 2.19. The van der Waals surface area contributed by atoms with Crippen molar-refractivity contribution in [3.05, 3.63) is 107 Å². The Labute approximate surface area is 169 Å². The van der Waals surface area contributed by atoms with Crippen molar-refractivity contribution in [3.8, 4) is 5.75 Å². The number of esters is 1. The molecule has 4 aromatic rings. The monoisotopic (exact) mass is 383 g/mol. The van der Waals surface area contributed by atoms with Crippen molar-refractivity contribution in [1.82, 2.24) is 4.98 Å². The molecule has 29 heavy (non-hydrogen) atoms. The Morgan fingerprint density at radius 3 is 2.24 bits per heavy atom. The highest BCUT2D eigenvalue weighted by molar-refractivity contribution is 5.99. The van der Waals surface area contributed by atoms with Crippen molar-refractivity contribution >= 4 is 16.7 Å². The number of aromatic nitrogens is 1. The van der Waals surface area contributed by atoms with E-state index in [0.29, 0.717) is 12.4 Å². The number of pyridine rings is 1. The molecule has 1 aromatic heterocycles. The zero-order valence-corrected chi connectivity index (χ0v) is 16.2. The minimum absolute atomic E-state index is 0.187. The molecule has 0 radical (unpaired) electrons. The van der Waals surface area contributed by atoms with Crippen LogP contribution in [0.2, 0.25) is 0 Å². The van der Waals surface area contributed by atoms with Crippen molar-refractivity contribution in [2.45, 2.75) is 13.0 Å². The largest absolute Gasteiger partial charge is 0.486 e. The van der Waals surface area contributed by atoms with Crippen LogP contribution in [0, 0.1) is 0 Å². The summed E-state index contributed by atoms with van der Waals surface area (Å²) in [5.41, 5.74) is 3.62. The van der Waals surface area contributed by atoms with E-state index in [1.165, 1.54) is 18.2 Å². The lowest BCUT2D eigenvalue weighted by Gasteiger charge is -2.13. The van der Waals surface area contributed by atoms with Crippen LogP contribution in [0.15, 0.2) is 85.1 Å². The molecule has 0 spiro atoms. The standard InChI is InChI=1S/C25H21NO3/c1-28-25(27)23-24(29-17-19-10-6-3-7-11-19)22-13-12-20(15-21(22)16-26-23)14-18-8-4-2-5-9-18/h2-13,15-16H,14,17H2,1H3. The number of hydrogen-bond acceptors (Lipinski definition) is 4. The van der Waals surface area contributed by atoms with Crippen molar-refractivity contribution < 1.29 is 14.3 Å². The number of benzene rings is 3. The van der Waals surface area contributed by atoms with E-state index < -0.39 is 5.97 Å². The van der Waals surface area contributed by atoms with Crippen molar-refractivity contribution in [2.24, 2.45) is 0 Å². The van der Waals surface area contributed by atoms with Gasteiger partial charge in [-0.25, -0.2) is 9.78 Å². The van der Waals surface area contributed by atoms with Gasteiger partial charge in [0.05, 0.1) is 7.11 Å². The first kappa shape index (κ1) is 18.7. The van der Waals surface area contributed by atoms with Crippen LogP contribution in [0.3, 0.4) is 0 Å². The normalized spacial score (nSPS) is 10.7. The van der Waals surface area contributed by atoms with Crippen LogP contribution in [0.1, 0.15) is 27.2 Å². The average molecular weight is 383 g/mol. The third-order valence-electron chi connectivity index (χ3n) is 4.76. The zero-order chi connectivity index (χ0) is 20.1. The molecule has 0 aliphatic carbocycles. The lowest BCUT2D eigenvalue weighted by Crippen LogP contribution is -2.09. The number of rotatable bonds is 6. The molecule has 0 unspecified atom stereocenters. The smallest absolute Gasteiger partial charge is 0.360 e. The van der Waals surface area contributed by atoms with Crippen molar-refractivity contribution in [3.63, 3.8) is 0 Å². The second-order valence-corrected chi connectivity index (χ2v) is 6.79. The predicted octanol–water partition coefficient (Wildman–Crippen LogP) is 5.19. The maximum atomic E-state index is 12.2. The Balaban J connectivity index is 1.70. The van der Waals surface area contributed by atoms with Gasteiger partial charge < -0.3 is 9.47 Å². The van der Waals surface area contributed by atoms with Gasteiger partial charge in [0.15, 0.2) is 11.4 Å². The fraction of sp³-hybridized carbons (Fsp3) is 0.120. The minimum Gasteiger partial charge on any atom is -0.486 e. The van der Waals surface area contributed by atoms with Gasteiger partial charge in [-0.3, -0.25) is 0 Å². The van der Waals surface area contributed by atoms with Gasteiger partial charge in [0.1, 0.15) is 6.61 Å². The fourth-order valence-electron chi connectivity index (χ4n) is 3.31. The Morgan fingerprint density at radius 2 is 1.55 bits per heavy atom. The molecule has 4 nitrogen and oxygen atoms in total. The van der Waals surface area contributed by atoms with E-state index in [-0.39, 0.29) is 5.69 Å². The number of carbonyl (C=O) groups excluding carboxylic acids is 1. The number of ether oxygens (including phenoxy) is 2. The molecule has 0 amide bonds. The topological polar surface area (TPSA) is 48.4 Å². The van der Waals surface area contributed by atoms with Gasteiger partial charge in [-0.2, -0.15) is 0 Å². The summed E-state index contributed by atoms with van der Waals surface area (Å²) < 4.78 is 11.0. The molecule has 4 rings (SSSR count). The van der Waals surface area contributed by atoms with Gasteiger partial charge >= 0.3 is 5.97 Å². The van der Waals surface area contributed by atoms with E-state index in [1.807, 2.05) is 54.6 Å². The maximum Gasteiger partial charge on any atom is 0.360 e. The molecule has 0 saturated carbocycles. The quantitative estimate of drug-likeness (QED) is 0.430. The molecule has 1 heterocycles. The summed E-state index contributed by atoms with van der Waals surface area (Å²) in [6.45, 7) is 0.345. The molecular formula is C25H21NO3. The summed E-state index contributed by atoms with van der Waals surface area (Å²) in [7, 11) is 1.35. The molecule has 0 aliphatic heterocycles. The molecule has 0 bridgehead atoms. The third-order valence-corrected chi connectivity index (χ3v) is 4.76. The first-order chi connectivity index (χ1) is 14.2. The summed E-state index contributed by atoms with van der Waals surface area (Å²) in [4.78, 5) is 16.6. The van der Waals surface area contributed by atoms with E-state index in [9.17, 15) is 4.79 Å². The van der Waals surface area contributed by atoms with E-state index >= 15 is 0 Å². The van der Waals surface area contributed by atoms with Gasteiger partial charge in [-0.1, -0.05) is 72.8 Å². The number of carbonyl (C=O) groups is 1. The highest BCUT2D eigenvalue weighted by Crippen LogP contribution is 2.31. The summed E-state index contributed by atoms with van der Waals surface area (Å²) in [5, 5.41) is 1.77. The summed E-state index contributed by atoms with van der Waals surface area (Å²) in [5.74, 6) is -0.0622. The number of nitrogens with zero attached hydrogens (tertiary/aromatic N) is 1. The first-order valence-electron chi connectivity index (χ1n) is 9.45. The molecular weight excluding hydrogens is 362 g/mol. The van der Waals surface area contributed by atoms with Crippen LogP contribution in [0.25, 0.3) is 10.8 Å². The molecule has 4 heteroatoms. The second-order valence-electron chi connectivity index (χ2n) is 6.79. The summed E-state index contributed by atoms with van der Waals surface area (Å²) in [6, 6.07) is 26.3. The number of methoxy groups -OCH3 is 1. The minimum atomic E-state index is -0.511. The van der Waals surface area contributed by atoms with Gasteiger partial charge in [-0.15, -0.1) is 0 Å². The van der Waals surface area contributed by atoms with E-state index in [0.717, 1.165) is 22.8 Å². The van der Waals surface area contributed by atoms with Gasteiger partial charge in [0, 0.05) is 17.0 Å². The molecule has 0 N–H and O–H groups in total. The molecule has 3 aromatic carbocycles. The number of hydrogen-bond donors (Lipinski definition) is 0. The first-order valence-corrected chi connectivity index (χ1v) is 9.45. The average Bonchev–Trinajstić information content (AvgIpc) is 2.78. The molecule has 144 valence electrons. The molecule has 0 aliphatic rings. The Bertz CT molecular complexity index is 1120. The third kappa shape index (κ3) is 4.27. The van der Waals surface area contributed by atoms with Crippen LogP contribution >= 0.6 is 0 Å². The summed E-state index contributed by atoms with van der Waals surface area (Å²) >= 11 is 0. The Morgan fingerprint density at radius 1 is 0.862 bits per heavy atom. The lowest BCUT2D eigenvalue weighted by molar-refractivity contribution is 0.0589. The van der Waals surface area contributed by atoms with Crippen LogP contribution in [-0.4, -0.2) is 18.1 Å². The van der Waals surface area contributed by atoms with Gasteiger partial charge in [0.2, 0.25) is 0 Å². The molecule has 0 fully saturated rings. The second kappa shape index (κ2) is 8.57. The number of fused-ring (bicyclic) bond motifs is 1. The maximum absolute atomic E-state index is 12.2. The van der Waals surface area contributed by atoms with Crippen molar-refractivity contribution in [1.29, 1.82) is 0 Å². The van der Waals surface area contributed by atoms with Crippen LogP contribution in [0.5, 0.6) is 5.75 Å². The van der Waals surface area contributed by atoms with E-state index in [4.69, 9.17) is 9.47 Å². The Kier molecular flexibility index (Phi) is 5.52. The zero-order valence-electron chi connectivity index (χ0n) is 16.2. The molecule has 0 saturated heterocycles. The molecule has 0 atom stereocenters. The Hall–Kier alpha value is -3.66. The lowest BCUT2D eigenvalue weighted by atomic mass is 10.0. The van der Waals surface area contributed by atoms with Gasteiger partial charge in [-0.05, 0) is 29.2 Å². The van der Waals surface area contributed by atoms with Crippen LogP contribution in [0.4, 0.5) is 0 Å².